The standard InChI is InChI=1S/C17H21ClN4O2/c1-5-6-12-7-11(8-13(23-3)15(12)24-4)9-20-17-14(19-2)16(18)21-10-22-17/h5,7-8,10,19H,1,6,9H2,2-4H3,(H,20,21,22). The van der Waals surface area contributed by atoms with E-state index in [9.17, 15) is 0 Å². The molecule has 7 heteroatoms. The molecule has 0 atom stereocenters. The largest absolute Gasteiger partial charge is 0.493 e. The Morgan fingerprint density at radius 1 is 1.25 bits per heavy atom. The average Bonchev–Trinajstić information content (AvgIpc) is 2.59. The minimum atomic E-state index is 0.370. The molecule has 0 radical (unpaired) electrons. The molecule has 6 nitrogen and oxygen atoms in total. The third kappa shape index (κ3) is 3.89. The highest BCUT2D eigenvalue weighted by atomic mass is 35.5. The number of ether oxygens (including phenoxy) is 2. The zero-order chi connectivity index (χ0) is 17.5. The molecule has 1 aromatic carbocycles. The van der Waals surface area contributed by atoms with E-state index in [-0.39, 0.29) is 0 Å². The van der Waals surface area contributed by atoms with Crippen molar-refractivity contribution in [3.63, 3.8) is 0 Å². The second kappa shape index (κ2) is 8.40. The molecule has 0 unspecified atom stereocenters. The van der Waals surface area contributed by atoms with Gasteiger partial charge in [0.1, 0.15) is 12.0 Å². The van der Waals surface area contributed by atoms with Gasteiger partial charge in [0, 0.05) is 19.2 Å². The van der Waals surface area contributed by atoms with E-state index >= 15 is 0 Å². The van der Waals surface area contributed by atoms with E-state index in [1.165, 1.54) is 6.33 Å². The molecule has 2 N–H and O–H groups in total. The number of allylic oxidation sites excluding steroid dienone is 1. The highest BCUT2D eigenvalue weighted by molar-refractivity contribution is 6.32. The predicted molar refractivity (Wildman–Crippen MR) is 97.4 cm³/mol. The number of rotatable bonds is 8. The molecule has 0 fully saturated rings. The number of anilines is 2. The summed E-state index contributed by atoms with van der Waals surface area (Å²) in [6.45, 7) is 4.34. The Labute approximate surface area is 146 Å². The van der Waals surface area contributed by atoms with Crippen LogP contribution in [-0.2, 0) is 13.0 Å². The van der Waals surface area contributed by atoms with Crippen molar-refractivity contribution in [1.29, 1.82) is 0 Å². The fourth-order valence-corrected chi connectivity index (χ4v) is 2.65. The molecule has 2 rings (SSSR count). The van der Waals surface area contributed by atoms with E-state index in [2.05, 4.69) is 33.2 Å². The van der Waals surface area contributed by atoms with Gasteiger partial charge < -0.3 is 20.1 Å². The maximum absolute atomic E-state index is 6.06. The molecule has 0 spiro atoms. The first-order chi connectivity index (χ1) is 11.6. The van der Waals surface area contributed by atoms with Crippen LogP contribution in [0.5, 0.6) is 11.5 Å². The van der Waals surface area contributed by atoms with Gasteiger partial charge in [-0.1, -0.05) is 17.7 Å². The van der Waals surface area contributed by atoms with Crippen molar-refractivity contribution >= 4 is 23.1 Å². The van der Waals surface area contributed by atoms with Crippen molar-refractivity contribution in [1.82, 2.24) is 9.97 Å². The van der Waals surface area contributed by atoms with Crippen LogP contribution in [0.1, 0.15) is 11.1 Å². The van der Waals surface area contributed by atoms with Crippen LogP contribution in [0.2, 0.25) is 5.15 Å². The second-order valence-electron chi connectivity index (χ2n) is 4.97. The Bertz CT molecular complexity index is 722. The van der Waals surface area contributed by atoms with Crippen molar-refractivity contribution in [2.75, 3.05) is 31.9 Å². The van der Waals surface area contributed by atoms with E-state index in [0.29, 0.717) is 35.4 Å². The number of aromatic nitrogens is 2. The lowest BCUT2D eigenvalue weighted by Gasteiger charge is -2.16. The minimum absolute atomic E-state index is 0.370. The zero-order valence-corrected chi connectivity index (χ0v) is 14.8. The van der Waals surface area contributed by atoms with E-state index in [4.69, 9.17) is 21.1 Å². The third-order valence-electron chi connectivity index (χ3n) is 3.49. The van der Waals surface area contributed by atoms with Gasteiger partial charge >= 0.3 is 0 Å². The predicted octanol–water partition coefficient (Wildman–Crippen LogP) is 3.53. The molecule has 0 aliphatic carbocycles. The number of nitrogens with one attached hydrogen (secondary N) is 2. The van der Waals surface area contributed by atoms with Gasteiger partial charge in [0.05, 0.1) is 14.2 Å². The van der Waals surface area contributed by atoms with Crippen LogP contribution < -0.4 is 20.1 Å². The molecule has 2 aromatic rings. The maximum Gasteiger partial charge on any atom is 0.164 e. The fourth-order valence-electron chi connectivity index (χ4n) is 2.42. The number of halogens is 1. The van der Waals surface area contributed by atoms with Gasteiger partial charge in [0.25, 0.3) is 0 Å². The van der Waals surface area contributed by atoms with Crippen LogP contribution in [0.15, 0.2) is 31.1 Å². The molecule has 1 heterocycles. The summed E-state index contributed by atoms with van der Waals surface area (Å²) in [5.41, 5.74) is 2.70. The van der Waals surface area contributed by atoms with Gasteiger partial charge in [-0.15, -0.1) is 6.58 Å². The zero-order valence-electron chi connectivity index (χ0n) is 14.0. The summed E-state index contributed by atoms with van der Waals surface area (Å²) in [6, 6.07) is 3.98. The van der Waals surface area contributed by atoms with Crippen LogP contribution in [0, 0.1) is 0 Å². The molecular formula is C17H21ClN4O2. The summed E-state index contributed by atoms with van der Waals surface area (Å²) in [6.07, 6.45) is 3.94. The molecule has 1 aromatic heterocycles. The van der Waals surface area contributed by atoms with Crippen LogP contribution >= 0.6 is 11.6 Å². The van der Waals surface area contributed by atoms with Gasteiger partial charge in [0.2, 0.25) is 0 Å². The lowest BCUT2D eigenvalue weighted by molar-refractivity contribution is 0.352. The topological polar surface area (TPSA) is 68.3 Å². The molecule has 0 aliphatic heterocycles. The second-order valence-corrected chi connectivity index (χ2v) is 5.33. The molecule has 24 heavy (non-hydrogen) atoms. The number of hydrogen-bond acceptors (Lipinski definition) is 6. The Morgan fingerprint density at radius 2 is 2.04 bits per heavy atom. The number of benzene rings is 1. The van der Waals surface area contributed by atoms with Crippen molar-refractivity contribution in [2.45, 2.75) is 13.0 Å². The summed E-state index contributed by atoms with van der Waals surface area (Å²) in [5.74, 6) is 2.04. The Hall–Kier alpha value is -2.47. The summed E-state index contributed by atoms with van der Waals surface area (Å²) >= 11 is 6.06. The normalized spacial score (nSPS) is 10.2. The molecule has 0 bridgehead atoms. The first-order valence-corrected chi connectivity index (χ1v) is 7.79. The van der Waals surface area contributed by atoms with Gasteiger partial charge in [-0.25, -0.2) is 9.97 Å². The number of hydrogen-bond donors (Lipinski definition) is 2. The molecule has 0 saturated carbocycles. The molecule has 0 saturated heterocycles. The molecule has 0 amide bonds. The highest BCUT2D eigenvalue weighted by Crippen LogP contribution is 2.34. The number of methoxy groups -OCH3 is 2. The summed E-state index contributed by atoms with van der Waals surface area (Å²) in [7, 11) is 5.02. The lowest BCUT2D eigenvalue weighted by atomic mass is 10.1. The van der Waals surface area contributed by atoms with Crippen LogP contribution in [0.25, 0.3) is 0 Å². The third-order valence-corrected chi connectivity index (χ3v) is 3.78. The van der Waals surface area contributed by atoms with Gasteiger partial charge in [0.15, 0.2) is 22.5 Å². The fraction of sp³-hybridized carbons (Fsp3) is 0.294. The van der Waals surface area contributed by atoms with Gasteiger partial charge in [-0.05, 0) is 24.1 Å². The minimum Gasteiger partial charge on any atom is -0.493 e. The molecular weight excluding hydrogens is 328 g/mol. The number of nitrogens with zero attached hydrogens (tertiary/aromatic N) is 2. The van der Waals surface area contributed by atoms with Crippen molar-refractivity contribution in [3.05, 3.63) is 47.4 Å². The van der Waals surface area contributed by atoms with Crippen molar-refractivity contribution < 1.29 is 9.47 Å². The SMILES string of the molecule is C=CCc1cc(CNc2ncnc(Cl)c2NC)cc(OC)c1OC. The van der Waals surface area contributed by atoms with Crippen LogP contribution in [0.4, 0.5) is 11.5 Å². The van der Waals surface area contributed by atoms with Crippen LogP contribution in [-0.4, -0.2) is 31.2 Å². The van der Waals surface area contributed by atoms with E-state index in [1.807, 2.05) is 12.1 Å². The van der Waals surface area contributed by atoms with Crippen molar-refractivity contribution in [3.8, 4) is 11.5 Å². The van der Waals surface area contributed by atoms with E-state index in [1.54, 1.807) is 21.3 Å². The lowest BCUT2D eigenvalue weighted by Crippen LogP contribution is -2.07. The van der Waals surface area contributed by atoms with E-state index < -0.39 is 0 Å². The van der Waals surface area contributed by atoms with Gasteiger partial charge in [-0.3, -0.25) is 0 Å². The smallest absolute Gasteiger partial charge is 0.164 e. The Kier molecular flexibility index (Phi) is 6.26. The Morgan fingerprint density at radius 3 is 2.67 bits per heavy atom. The first-order valence-electron chi connectivity index (χ1n) is 7.41. The Balaban J connectivity index is 2.28. The van der Waals surface area contributed by atoms with Gasteiger partial charge in [-0.2, -0.15) is 0 Å². The summed E-state index contributed by atoms with van der Waals surface area (Å²) < 4.78 is 10.9. The summed E-state index contributed by atoms with van der Waals surface area (Å²) in [4.78, 5) is 8.18. The summed E-state index contributed by atoms with van der Waals surface area (Å²) in [5, 5.41) is 6.62. The van der Waals surface area contributed by atoms with Crippen LogP contribution in [0.3, 0.4) is 0 Å². The highest BCUT2D eigenvalue weighted by Gasteiger charge is 2.13. The first kappa shape index (κ1) is 17.9. The van der Waals surface area contributed by atoms with Crippen molar-refractivity contribution in [2.24, 2.45) is 0 Å². The maximum atomic E-state index is 6.06. The monoisotopic (exact) mass is 348 g/mol. The molecule has 0 aliphatic rings. The average molecular weight is 349 g/mol. The molecule has 128 valence electrons. The quantitative estimate of drug-likeness (QED) is 0.562. The van der Waals surface area contributed by atoms with E-state index in [0.717, 1.165) is 16.9 Å².